The van der Waals surface area contributed by atoms with Crippen LogP contribution < -0.4 is 9.47 Å². The summed E-state index contributed by atoms with van der Waals surface area (Å²) in [6, 6.07) is 4.25. The second-order valence-corrected chi connectivity index (χ2v) is 4.94. The van der Waals surface area contributed by atoms with Crippen LogP contribution in [0.15, 0.2) is 12.1 Å². The Morgan fingerprint density at radius 1 is 0.950 bits per heavy atom. The number of benzene rings is 1. The van der Waals surface area contributed by atoms with Gasteiger partial charge in [0.2, 0.25) is 6.79 Å². The molecule has 0 atom stereocenters. The van der Waals surface area contributed by atoms with Gasteiger partial charge in [0.15, 0.2) is 11.5 Å². The summed E-state index contributed by atoms with van der Waals surface area (Å²) in [5.41, 5.74) is 2.70. The van der Waals surface area contributed by atoms with Gasteiger partial charge in [0.05, 0.1) is 6.61 Å². The maximum Gasteiger partial charge on any atom is 0.231 e. The van der Waals surface area contributed by atoms with E-state index < -0.39 is 0 Å². The van der Waals surface area contributed by atoms with Gasteiger partial charge < -0.3 is 14.2 Å². The molecule has 2 rings (SSSR count). The largest absolute Gasteiger partial charge is 0.454 e. The highest BCUT2D eigenvalue weighted by atomic mass is 16.7. The molecule has 0 aromatic heterocycles. The number of fused-ring (bicyclic) bond motifs is 1. The van der Waals surface area contributed by atoms with Gasteiger partial charge in [-0.3, -0.25) is 0 Å². The molecule has 1 aromatic rings. The third-order valence-electron chi connectivity index (χ3n) is 3.37. The Kier molecular flexibility index (Phi) is 7.45. The van der Waals surface area contributed by atoms with E-state index in [-0.39, 0.29) is 7.43 Å². The van der Waals surface area contributed by atoms with Crippen LogP contribution in [-0.2, 0) is 17.6 Å². The molecule has 0 N–H and O–H groups in total. The number of aryl methyl sites for hydroxylation is 1. The number of unbranched alkanes of at least 4 members (excludes halogenated alkanes) is 1. The number of hydrogen-bond donors (Lipinski definition) is 0. The zero-order valence-electron chi connectivity index (χ0n) is 12.0. The average molecular weight is 280 g/mol. The molecule has 1 heterocycles. The Balaban J connectivity index is 0.00000200. The first kappa shape index (κ1) is 16.8. The summed E-state index contributed by atoms with van der Waals surface area (Å²) < 4.78 is 16.6. The zero-order valence-corrected chi connectivity index (χ0v) is 12.0. The molecule has 0 aliphatic carbocycles. The molecule has 0 bridgehead atoms. The van der Waals surface area contributed by atoms with Gasteiger partial charge in [-0.05, 0) is 42.5 Å². The molecule has 114 valence electrons. The monoisotopic (exact) mass is 280 g/mol. The highest BCUT2D eigenvalue weighted by Crippen LogP contribution is 2.35. The van der Waals surface area contributed by atoms with Crippen LogP contribution in [0.4, 0.5) is 0 Å². The Morgan fingerprint density at radius 3 is 2.20 bits per heavy atom. The van der Waals surface area contributed by atoms with Gasteiger partial charge in [-0.1, -0.05) is 34.1 Å². The minimum Gasteiger partial charge on any atom is -0.454 e. The van der Waals surface area contributed by atoms with Gasteiger partial charge >= 0.3 is 0 Å². The molecule has 0 unspecified atom stereocenters. The van der Waals surface area contributed by atoms with E-state index in [2.05, 4.69) is 26.0 Å². The van der Waals surface area contributed by atoms with Gasteiger partial charge in [0, 0.05) is 6.61 Å². The first-order valence-corrected chi connectivity index (χ1v) is 7.34. The van der Waals surface area contributed by atoms with E-state index in [4.69, 9.17) is 14.2 Å². The Labute approximate surface area is 123 Å². The summed E-state index contributed by atoms with van der Waals surface area (Å²) in [6.45, 7) is 6.38. The summed E-state index contributed by atoms with van der Waals surface area (Å²) in [5.74, 6) is 1.77. The quantitative estimate of drug-likeness (QED) is 0.662. The average Bonchev–Trinajstić information content (AvgIpc) is 2.86. The van der Waals surface area contributed by atoms with E-state index in [1.54, 1.807) is 0 Å². The van der Waals surface area contributed by atoms with Crippen molar-refractivity contribution < 1.29 is 14.2 Å². The molecule has 0 radical (unpaired) electrons. The van der Waals surface area contributed by atoms with Crippen molar-refractivity contribution in [3.05, 3.63) is 23.3 Å². The van der Waals surface area contributed by atoms with E-state index in [0.29, 0.717) is 6.79 Å². The summed E-state index contributed by atoms with van der Waals surface area (Å²) in [7, 11) is 0. The highest BCUT2D eigenvalue weighted by molar-refractivity contribution is 5.48. The zero-order chi connectivity index (χ0) is 13.5. The van der Waals surface area contributed by atoms with Gasteiger partial charge in [0.25, 0.3) is 0 Å². The molecule has 20 heavy (non-hydrogen) atoms. The Bertz CT molecular complexity index is 401. The normalized spacial score (nSPS) is 12.3. The molecular formula is C17H28O3. The topological polar surface area (TPSA) is 27.7 Å². The fourth-order valence-electron chi connectivity index (χ4n) is 2.29. The van der Waals surface area contributed by atoms with Crippen molar-refractivity contribution in [2.24, 2.45) is 0 Å². The third kappa shape index (κ3) is 4.41. The SMILES string of the molecule is C.CCCCOCCc1cc2c(cc1CCC)OCO2. The van der Waals surface area contributed by atoms with Crippen molar-refractivity contribution in [2.75, 3.05) is 20.0 Å². The van der Waals surface area contributed by atoms with E-state index in [1.807, 2.05) is 0 Å². The molecule has 0 fully saturated rings. The highest BCUT2D eigenvalue weighted by Gasteiger charge is 2.16. The van der Waals surface area contributed by atoms with Crippen LogP contribution in [0.2, 0.25) is 0 Å². The van der Waals surface area contributed by atoms with Crippen molar-refractivity contribution in [1.29, 1.82) is 0 Å². The summed E-state index contributed by atoms with van der Waals surface area (Å²) >= 11 is 0. The number of rotatable bonds is 8. The lowest BCUT2D eigenvalue weighted by atomic mass is 10.00. The lowest BCUT2D eigenvalue weighted by Gasteiger charge is -2.11. The van der Waals surface area contributed by atoms with Gasteiger partial charge in [0.1, 0.15) is 0 Å². The Hall–Kier alpha value is -1.22. The first-order chi connectivity index (χ1) is 9.35. The van der Waals surface area contributed by atoms with Gasteiger partial charge in [-0.25, -0.2) is 0 Å². The maximum atomic E-state index is 5.66. The van der Waals surface area contributed by atoms with Crippen molar-refractivity contribution in [3.8, 4) is 11.5 Å². The fourth-order valence-corrected chi connectivity index (χ4v) is 2.29. The second kappa shape index (κ2) is 8.85. The van der Waals surface area contributed by atoms with Crippen LogP contribution in [0, 0.1) is 0 Å². The number of ether oxygens (including phenoxy) is 3. The lowest BCUT2D eigenvalue weighted by Crippen LogP contribution is -2.03. The molecule has 0 saturated heterocycles. The van der Waals surface area contributed by atoms with Crippen LogP contribution >= 0.6 is 0 Å². The smallest absolute Gasteiger partial charge is 0.231 e. The first-order valence-electron chi connectivity index (χ1n) is 7.34. The van der Waals surface area contributed by atoms with Crippen molar-refractivity contribution >= 4 is 0 Å². The molecule has 1 aromatic carbocycles. The van der Waals surface area contributed by atoms with Crippen LogP contribution in [0.3, 0.4) is 0 Å². The summed E-state index contributed by atoms with van der Waals surface area (Å²) in [5, 5.41) is 0. The van der Waals surface area contributed by atoms with E-state index in [9.17, 15) is 0 Å². The second-order valence-electron chi connectivity index (χ2n) is 4.94. The van der Waals surface area contributed by atoms with Crippen LogP contribution in [0.5, 0.6) is 11.5 Å². The number of hydrogen-bond acceptors (Lipinski definition) is 3. The minimum absolute atomic E-state index is 0. The van der Waals surface area contributed by atoms with E-state index in [1.165, 1.54) is 17.5 Å². The summed E-state index contributed by atoms with van der Waals surface area (Å²) in [4.78, 5) is 0. The minimum atomic E-state index is 0. The molecule has 0 saturated carbocycles. The van der Waals surface area contributed by atoms with E-state index >= 15 is 0 Å². The predicted molar refractivity (Wildman–Crippen MR) is 82.7 cm³/mol. The van der Waals surface area contributed by atoms with Crippen LogP contribution in [0.1, 0.15) is 51.7 Å². The molecule has 0 amide bonds. The Morgan fingerprint density at radius 2 is 1.60 bits per heavy atom. The van der Waals surface area contributed by atoms with Crippen molar-refractivity contribution in [2.45, 2.75) is 53.4 Å². The van der Waals surface area contributed by atoms with Crippen LogP contribution in [-0.4, -0.2) is 20.0 Å². The third-order valence-corrected chi connectivity index (χ3v) is 3.37. The molecule has 3 heteroatoms. The molecule has 1 aliphatic heterocycles. The molecule has 0 spiro atoms. The molecule has 1 aliphatic rings. The standard InChI is InChI=1S/C16H24O3.CH4/c1-3-5-8-17-9-7-14-11-16-15(18-12-19-16)10-13(14)6-4-2;/h10-11H,3-9,12H2,1-2H3;1H4. The van der Waals surface area contributed by atoms with Gasteiger partial charge in [-0.15, -0.1) is 0 Å². The fraction of sp³-hybridized carbons (Fsp3) is 0.647. The van der Waals surface area contributed by atoms with E-state index in [0.717, 1.165) is 50.4 Å². The summed E-state index contributed by atoms with van der Waals surface area (Å²) in [6.07, 6.45) is 5.51. The maximum absolute atomic E-state index is 5.66. The predicted octanol–water partition coefficient (Wildman–Crippen LogP) is 4.36. The lowest BCUT2D eigenvalue weighted by molar-refractivity contribution is 0.134. The van der Waals surface area contributed by atoms with Crippen molar-refractivity contribution in [1.82, 2.24) is 0 Å². The van der Waals surface area contributed by atoms with Gasteiger partial charge in [-0.2, -0.15) is 0 Å². The van der Waals surface area contributed by atoms with Crippen molar-refractivity contribution in [3.63, 3.8) is 0 Å². The van der Waals surface area contributed by atoms with Crippen LogP contribution in [0.25, 0.3) is 0 Å². The molecule has 3 nitrogen and oxygen atoms in total. The molecular weight excluding hydrogens is 252 g/mol.